The maximum atomic E-state index is 12.3. The van der Waals surface area contributed by atoms with Gasteiger partial charge in [-0.1, -0.05) is 24.4 Å². The van der Waals surface area contributed by atoms with Crippen molar-refractivity contribution in [2.24, 2.45) is 5.92 Å². The van der Waals surface area contributed by atoms with Crippen molar-refractivity contribution in [3.63, 3.8) is 0 Å². The molecule has 1 heterocycles. The Bertz CT molecular complexity index is 538. The van der Waals surface area contributed by atoms with Crippen LogP contribution in [0.2, 0.25) is 0 Å². The van der Waals surface area contributed by atoms with Crippen molar-refractivity contribution >= 4 is 29.2 Å². The predicted molar refractivity (Wildman–Crippen MR) is 88.3 cm³/mol. The fraction of sp³-hybridized carbons (Fsp3) is 0.688. The average Bonchev–Trinajstić information content (AvgIpc) is 2.91. The lowest BCUT2D eigenvalue weighted by molar-refractivity contribution is -0.134. The summed E-state index contributed by atoms with van der Waals surface area (Å²) in [6, 6.07) is 1.63. The number of alkyl halides is 1. The second-order valence-corrected chi connectivity index (χ2v) is 6.86. The summed E-state index contributed by atoms with van der Waals surface area (Å²) < 4.78 is 4.91. The highest BCUT2D eigenvalue weighted by Gasteiger charge is 2.25. The van der Waals surface area contributed by atoms with Crippen LogP contribution in [0.5, 0.6) is 0 Å². The highest BCUT2D eigenvalue weighted by Crippen LogP contribution is 2.24. The first-order valence-corrected chi connectivity index (χ1v) is 8.55. The molecule has 1 saturated carbocycles. The van der Waals surface area contributed by atoms with E-state index in [2.05, 4.69) is 10.5 Å². The fourth-order valence-electron chi connectivity index (χ4n) is 2.95. The highest BCUT2D eigenvalue weighted by atomic mass is 35.5. The maximum Gasteiger partial charge on any atom is 0.245 e. The molecule has 1 aliphatic rings. The molecule has 23 heavy (non-hydrogen) atoms. The summed E-state index contributed by atoms with van der Waals surface area (Å²) in [6.45, 7) is 3.95. The van der Waals surface area contributed by atoms with Gasteiger partial charge in [-0.2, -0.15) is 0 Å². The Morgan fingerprint density at radius 3 is 2.70 bits per heavy atom. The number of carbonyl (C=O) groups excluding carboxylic acids is 2. The molecule has 2 amide bonds. The van der Waals surface area contributed by atoms with Gasteiger partial charge in [0, 0.05) is 12.6 Å². The molecule has 1 aromatic rings. The Morgan fingerprint density at radius 1 is 1.43 bits per heavy atom. The molecule has 1 aromatic heterocycles. The van der Waals surface area contributed by atoms with Gasteiger partial charge in [-0.25, -0.2) is 0 Å². The number of aryl methyl sites for hydroxylation is 1. The summed E-state index contributed by atoms with van der Waals surface area (Å²) in [6.07, 6.45) is 5.83. The summed E-state index contributed by atoms with van der Waals surface area (Å²) in [5.41, 5.74) is 0. The second kappa shape index (κ2) is 8.34. The van der Waals surface area contributed by atoms with Gasteiger partial charge in [0.1, 0.15) is 11.1 Å². The van der Waals surface area contributed by atoms with Crippen molar-refractivity contribution < 1.29 is 14.1 Å². The standard InChI is InChI=1S/C16H24ClN3O3/c1-11-8-14(19-23-11)18-15(21)10-20(16(22)12(2)17)9-13-6-4-3-5-7-13/h8,12-13H,3-7,9-10H2,1-2H3,(H,18,19,21)/t12-/m0/s1. The molecule has 6 nitrogen and oxygen atoms in total. The third-order valence-electron chi connectivity index (χ3n) is 4.09. The van der Waals surface area contributed by atoms with Crippen molar-refractivity contribution in [2.75, 3.05) is 18.4 Å². The molecule has 0 unspecified atom stereocenters. The minimum Gasteiger partial charge on any atom is -0.360 e. The monoisotopic (exact) mass is 341 g/mol. The van der Waals surface area contributed by atoms with Crippen LogP contribution in [0, 0.1) is 12.8 Å². The van der Waals surface area contributed by atoms with Gasteiger partial charge in [-0.05, 0) is 32.6 Å². The third-order valence-corrected chi connectivity index (χ3v) is 4.27. The summed E-state index contributed by atoms with van der Waals surface area (Å²) in [7, 11) is 0. The van der Waals surface area contributed by atoms with Crippen LogP contribution in [0.1, 0.15) is 44.8 Å². The first kappa shape index (κ1) is 17.8. The van der Waals surface area contributed by atoms with Crippen LogP contribution in [-0.4, -0.2) is 40.3 Å². The van der Waals surface area contributed by atoms with Crippen molar-refractivity contribution in [1.82, 2.24) is 10.1 Å². The third kappa shape index (κ3) is 5.53. The summed E-state index contributed by atoms with van der Waals surface area (Å²) in [5, 5.41) is 5.73. The van der Waals surface area contributed by atoms with Gasteiger partial charge in [0.05, 0.1) is 6.54 Å². The van der Waals surface area contributed by atoms with Crippen molar-refractivity contribution in [1.29, 1.82) is 0 Å². The van der Waals surface area contributed by atoms with Crippen LogP contribution < -0.4 is 5.32 Å². The van der Waals surface area contributed by atoms with Gasteiger partial charge >= 0.3 is 0 Å². The molecule has 0 aliphatic heterocycles. The van der Waals surface area contributed by atoms with Crippen LogP contribution in [0.15, 0.2) is 10.6 Å². The zero-order valence-corrected chi connectivity index (χ0v) is 14.4. The molecule has 2 rings (SSSR count). The normalized spacial score (nSPS) is 16.8. The Hall–Kier alpha value is -1.56. The van der Waals surface area contributed by atoms with Gasteiger partial charge in [-0.15, -0.1) is 11.6 Å². The predicted octanol–water partition coefficient (Wildman–Crippen LogP) is 2.96. The molecule has 1 fully saturated rings. The van der Waals surface area contributed by atoms with Crippen LogP contribution in [-0.2, 0) is 9.59 Å². The molecule has 0 spiro atoms. The van der Waals surface area contributed by atoms with Crippen LogP contribution in [0.25, 0.3) is 0 Å². The highest BCUT2D eigenvalue weighted by molar-refractivity contribution is 6.30. The van der Waals surface area contributed by atoms with Gasteiger partial charge < -0.3 is 14.7 Å². The molecule has 128 valence electrons. The molecule has 1 N–H and O–H groups in total. The van der Waals surface area contributed by atoms with E-state index in [0.29, 0.717) is 24.0 Å². The van der Waals surface area contributed by atoms with Gasteiger partial charge in [0.15, 0.2) is 5.82 Å². The molecule has 7 heteroatoms. The summed E-state index contributed by atoms with van der Waals surface area (Å²) in [4.78, 5) is 26.0. The fourth-order valence-corrected chi connectivity index (χ4v) is 3.08. The number of rotatable bonds is 6. The van der Waals surface area contributed by atoms with Crippen molar-refractivity contribution in [3.8, 4) is 0 Å². The van der Waals surface area contributed by atoms with Gasteiger partial charge in [0.2, 0.25) is 11.8 Å². The SMILES string of the molecule is Cc1cc(NC(=O)CN(CC2CCCCC2)C(=O)[C@H](C)Cl)no1. The van der Waals surface area contributed by atoms with E-state index >= 15 is 0 Å². The number of nitrogens with one attached hydrogen (secondary N) is 1. The van der Waals surface area contributed by atoms with E-state index in [9.17, 15) is 9.59 Å². The topological polar surface area (TPSA) is 75.4 Å². The molecule has 0 radical (unpaired) electrons. The molecular formula is C16H24ClN3O3. The van der Waals surface area contributed by atoms with Crippen molar-refractivity contribution in [2.45, 2.75) is 51.3 Å². The first-order valence-electron chi connectivity index (χ1n) is 8.11. The average molecular weight is 342 g/mol. The van der Waals surface area contributed by atoms with E-state index in [1.165, 1.54) is 19.3 Å². The van der Waals surface area contributed by atoms with Gasteiger partial charge in [-0.3, -0.25) is 9.59 Å². The summed E-state index contributed by atoms with van der Waals surface area (Å²) in [5.74, 6) is 0.926. The molecule has 1 atom stereocenters. The quantitative estimate of drug-likeness (QED) is 0.807. The van der Waals surface area contributed by atoms with E-state index in [1.54, 1.807) is 24.8 Å². The lowest BCUT2D eigenvalue weighted by Crippen LogP contribution is -2.44. The number of amides is 2. The number of anilines is 1. The number of hydrogen-bond donors (Lipinski definition) is 1. The zero-order chi connectivity index (χ0) is 16.8. The van der Waals surface area contributed by atoms with E-state index in [-0.39, 0.29) is 18.4 Å². The minimum absolute atomic E-state index is 0.0156. The number of carbonyl (C=O) groups is 2. The van der Waals surface area contributed by atoms with E-state index in [4.69, 9.17) is 16.1 Å². The lowest BCUT2D eigenvalue weighted by atomic mass is 9.89. The number of aromatic nitrogens is 1. The Balaban J connectivity index is 1.95. The Morgan fingerprint density at radius 2 is 2.13 bits per heavy atom. The number of nitrogens with zero attached hydrogens (tertiary/aromatic N) is 2. The molecule has 1 aliphatic carbocycles. The van der Waals surface area contributed by atoms with E-state index in [0.717, 1.165) is 12.8 Å². The molecule has 0 bridgehead atoms. The molecule has 0 saturated heterocycles. The van der Waals surface area contributed by atoms with E-state index < -0.39 is 5.38 Å². The second-order valence-electron chi connectivity index (χ2n) is 6.21. The first-order chi connectivity index (χ1) is 11.0. The smallest absolute Gasteiger partial charge is 0.245 e. The van der Waals surface area contributed by atoms with Gasteiger partial charge in [0.25, 0.3) is 0 Å². The zero-order valence-electron chi connectivity index (χ0n) is 13.7. The lowest BCUT2D eigenvalue weighted by Gasteiger charge is -2.30. The van der Waals surface area contributed by atoms with Crippen LogP contribution in [0.4, 0.5) is 5.82 Å². The maximum absolute atomic E-state index is 12.3. The Kier molecular flexibility index (Phi) is 6.45. The minimum atomic E-state index is -0.638. The molecular weight excluding hydrogens is 318 g/mol. The Labute approximate surface area is 141 Å². The largest absolute Gasteiger partial charge is 0.360 e. The number of hydrogen-bond acceptors (Lipinski definition) is 4. The van der Waals surface area contributed by atoms with E-state index in [1.807, 2.05) is 0 Å². The molecule has 0 aromatic carbocycles. The summed E-state index contributed by atoms with van der Waals surface area (Å²) >= 11 is 5.94. The van der Waals surface area contributed by atoms with Crippen LogP contribution >= 0.6 is 11.6 Å². The number of halogens is 1. The van der Waals surface area contributed by atoms with Crippen LogP contribution in [0.3, 0.4) is 0 Å². The van der Waals surface area contributed by atoms with Crippen molar-refractivity contribution in [3.05, 3.63) is 11.8 Å².